The highest BCUT2D eigenvalue weighted by atomic mass is 32.2. The number of nitrogens with zero attached hydrogens (tertiary/aromatic N) is 4. The van der Waals surface area contributed by atoms with Crippen molar-refractivity contribution in [3.05, 3.63) is 54.1 Å². The number of aryl methyl sites for hydroxylation is 1. The van der Waals surface area contributed by atoms with Gasteiger partial charge in [-0.05, 0) is 31.2 Å². The van der Waals surface area contributed by atoms with Crippen LogP contribution < -0.4 is 10.2 Å². The van der Waals surface area contributed by atoms with Gasteiger partial charge in [-0.25, -0.2) is 0 Å². The van der Waals surface area contributed by atoms with E-state index in [4.69, 9.17) is 0 Å². The lowest BCUT2D eigenvalue weighted by Crippen LogP contribution is -2.30. The van der Waals surface area contributed by atoms with E-state index in [-0.39, 0.29) is 5.91 Å². The number of fused-ring (bicyclic) bond motifs is 1. The second-order valence-electron chi connectivity index (χ2n) is 6.28. The Morgan fingerprint density at radius 1 is 1.08 bits per heavy atom. The maximum absolute atomic E-state index is 11.2. The third kappa shape index (κ3) is 3.30. The molecule has 7 heteroatoms. The van der Waals surface area contributed by atoms with E-state index in [1.807, 2.05) is 24.3 Å². The van der Waals surface area contributed by atoms with Crippen LogP contribution in [0, 0.1) is 6.92 Å². The zero-order chi connectivity index (χ0) is 18.1. The first-order chi connectivity index (χ1) is 12.6. The summed E-state index contributed by atoms with van der Waals surface area (Å²) in [4.78, 5) is 13.4. The number of amides is 1. The highest BCUT2D eigenvalue weighted by molar-refractivity contribution is 7.99. The maximum Gasteiger partial charge on any atom is 0.221 e. The molecule has 0 radical (unpaired) electrons. The van der Waals surface area contributed by atoms with Gasteiger partial charge in [0.15, 0.2) is 11.0 Å². The van der Waals surface area contributed by atoms with Crippen molar-refractivity contribution in [1.82, 2.24) is 14.8 Å². The molecular formula is C19H19N5OS. The Balaban J connectivity index is 1.58. The first kappa shape index (κ1) is 16.7. The second kappa shape index (κ2) is 6.84. The van der Waals surface area contributed by atoms with Crippen LogP contribution in [0.25, 0.3) is 11.4 Å². The molecular weight excluding hydrogens is 346 g/mol. The minimum atomic E-state index is -0.0665. The highest BCUT2D eigenvalue weighted by Gasteiger charge is 2.22. The number of carbonyl (C=O) groups is 1. The number of rotatable bonds is 3. The van der Waals surface area contributed by atoms with E-state index < -0.39 is 0 Å². The molecule has 4 rings (SSSR count). The summed E-state index contributed by atoms with van der Waals surface area (Å²) in [5, 5.41) is 12.5. The average molecular weight is 365 g/mol. The molecule has 132 valence electrons. The average Bonchev–Trinajstić information content (AvgIpc) is 3.06. The number of nitrogens with one attached hydrogen (secondary N) is 1. The summed E-state index contributed by atoms with van der Waals surface area (Å²) in [6.45, 7) is 4.28. The van der Waals surface area contributed by atoms with Crippen LogP contribution in [0.3, 0.4) is 0 Å². The van der Waals surface area contributed by atoms with E-state index in [2.05, 4.69) is 56.2 Å². The molecule has 26 heavy (non-hydrogen) atoms. The molecule has 2 heterocycles. The molecule has 2 aromatic carbocycles. The van der Waals surface area contributed by atoms with Gasteiger partial charge in [-0.3, -0.25) is 9.36 Å². The number of hydrogen-bond donors (Lipinski definition) is 1. The lowest BCUT2D eigenvalue weighted by atomic mass is 10.1. The number of hydrogen-bond acceptors (Lipinski definition) is 5. The minimum Gasteiger partial charge on any atom is -0.344 e. The molecule has 1 amide bonds. The Kier molecular flexibility index (Phi) is 4.38. The molecule has 1 N–H and O–H groups in total. The minimum absolute atomic E-state index is 0.0665. The third-order valence-corrected chi connectivity index (χ3v) is 5.24. The molecule has 0 fully saturated rings. The normalized spacial score (nSPS) is 13.4. The van der Waals surface area contributed by atoms with Gasteiger partial charge in [0.2, 0.25) is 5.91 Å². The van der Waals surface area contributed by atoms with Gasteiger partial charge in [0.05, 0.1) is 12.5 Å². The van der Waals surface area contributed by atoms with Crippen LogP contribution in [-0.4, -0.2) is 26.5 Å². The van der Waals surface area contributed by atoms with Gasteiger partial charge in [0.25, 0.3) is 0 Å². The molecule has 0 spiro atoms. The van der Waals surface area contributed by atoms with Crippen molar-refractivity contribution >= 4 is 29.0 Å². The zero-order valence-electron chi connectivity index (χ0n) is 14.6. The van der Waals surface area contributed by atoms with Crippen LogP contribution >= 0.6 is 11.8 Å². The van der Waals surface area contributed by atoms with Crippen molar-refractivity contribution in [2.45, 2.75) is 25.7 Å². The van der Waals surface area contributed by atoms with Crippen LogP contribution in [0.4, 0.5) is 11.4 Å². The zero-order valence-corrected chi connectivity index (χ0v) is 15.5. The molecule has 0 unspecified atom stereocenters. The summed E-state index contributed by atoms with van der Waals surface area (Å²) in [6.07, 6.45) is 0. The molecule has 3 aromatic rings. The van der Waals surface area contributed by atoms with Gasteiger partial charge in [0, 0.05) is 23.9 Å². The monoisotopic (exact) mass is 365 g/mol. The van der Waals surface area contributed by atoms with E-state index >= 15 is 0 Å². The van der Waals surface area contributed by atoms with Gasteiger partial charge in [-0.2, -0.15) is 0 Å². The number of thioether (sulfide) groups is 1. The number of carbonyl (C=O) groups excluding carboxylic acids is 1. The SMILES string of the molecule is CC(=O)Nc1ccc(N2CSc3nnc(-c4ccc(C)cc4)n3C2)cc1. The lowest BCUT2D eigenvalue weighted by Gasteiger charge is -2.29. The van der Waals surface area contributed by atoms with Gasteiger partial charge < -0.3 is 10.2 Å². The van der Waals surface area contributed by atoms with Crippen LogP contribution in [0.1, 0.15) is 12.5 Å². The maximum atomic E-state index is 11.2. The molecule has 0 aliphatic carbocycles. The molecule has 1 aromatic heterocycles. The fourth-order valence-corrected chi connectivity index (χ4v) is 3.80. The fraction of sp³-hybridized carbons (Fsp3) is 0.211. The van der Waals surface area contributed by atoms with E-state index in [9.17, 15) is 4.79 Å². The molecule has 1 aliphatic rings. The van der Waals surface area contributed by atoms with Crippen molar-refractivity contribution in [3.63, 3.8) is 0 Å². The van der Waals surface area contributed by atoms with Crippen LogP contribution in [0.5, 0.6) is 0 Å². The van der Waals surface area contributed by atoms with Crippen molar-refractivity contribution in [1.29, 1.82) is 0 Å². The predicted molar refractivity (Wildman–Crippen MR) is 104 cm³/mol. The lowest BCUT2D eigenvalue weighted by molar-refractivity contribution is -0.114. The topological polar surface area (TPSA) is 63.1 Å². The second-order valence-corrected chi connectivity index (χ2v) is 7.20. The number of benzene rings is 2. The smallest absolute Gasteiger partial charge is 0.221 e. The molecule has 0 bridgehead atoms. The number of anilines is 2. The predicted octanol–water partition coefficient (Wildman–Crippen LogP) is 3.74. The number of aromatic nitrogens is 3. The molecule has 1 aliphatic heterocycles. The Labute approximate surface area is 156 Å². The van der Waals surface area contributed by atoms with Crippen molar-refractivity contribution in [2.75, 3.05) is 16.1 Å². The largest absolute Gasteiger partial charge is 0.344 e. The van der Waals surface area contributed by atoms with Crippen LogP contribution in [0.15, 0.2) is 53.7 Å². The summed E-state index contributed by atoms with van der Waals surface area (Å²) in [7, 11) is 0. The standard InChI is InChI=1S/C19H19N5OS/c1-13-3-5-15(6-4-13)18-21-22-19-24(18)11-23(12-26-19)17-9-7-16(8-10-17)20-14(2)25/h3-10H,11-12H2,1-2H3,(H,20,25). The van der Waals surface area contributed by atoms with Crippen molar-refractivity contribution in [3.8, 4) is 11.4 Å². The fourth-order valence-electron chi connectivity index (χ4n) is 2.90. The Morgan fingerprint density at radius 3 is 2.50 bits per heavy atom. The molecule has 0 saturated heterocycles. The van der Waals surface area contributed by atoms with Gasteiger partial charge in [0.1, 0.15) is 0 Å². The van der Waals surface area contributed by atoms with Crippen molar-refractivity contribution in [2.24, 2.45) is 0 Å². The van der Waals surface area contributed by atoms with Gasteiger partial charge in [-0.15, -0.1) is 10.2 Å². The van der Waals surface area contributed by atoms with Crippen LogP contribution in [-0.2, 0) is 11.5 Å². The molecule has 6 nitrogen and oxygen atoms in total. The summed E-state index contributed by atoms with van der Waals surface area (Å²) in [5.74, 6) is 1.63. The van der Waals surface area contributed by atoms with Gasteiger partial charge >= 0.3 is 0 Å². The van der Waals surface area contributed by atoms with E-state index in [1.54, 1.807) is 11.8 Å². The van der Waals surface area contributed by atoms with E-state index in [0.717, 1.165) is 33.8 Å². The molecule has 0 saturated carbocycles. The van der Waals surface area contributed by atoms with Gasteiger partial charge in [-0.1, -0.05) is 41.6 Å². The van der Waals surface area contributed by atoms with E-state index in [0.29, 0.717) is 6.67 Å². The third-order valence-electron chi connectivity index (χ3n) is 4.24. The Bertz CT molecular complexity index is 934. The van der Waals surface area contributed by atoms with Crippen molar-refractivity contribution < 1.29 is 4.79 Å². The quantitative estimate of drug-likeness (QED) is 0.766. The summed E-state index contributed by atoms with van der Waals surface area (Å²) in [6, 6.07) is 16.2. The Morgan fingerprint density at radius 2 is 1.81 bits per heavy atom. The molecule has 0 atom stereocenters. The summed E-state index contributed by atoms with van der Waals surface area (Å²) >= 11 is 1.67. The Hall–Kier alpha value is -2.80. The highest BCUT2D eigenvalue weighted by Crippen LogP contribution is 2.32. The first-order valence-electron chi connectivity index (χ1n) is 8.36. The first-order valence-corrected chi connectivity index (χ1v) is 9.34. The van der Waals surface area contributed by atoms with Crippen LogP contribution in [0.2, 0.25) is 0 Å². The van der Waals surface area contributed by atoms with E-state index in [1.165, 1.54) is 12.5 Å². The summed E-state index contributed by atoms with van der Waals surface area (Å²) in [5.41, 5.74) is 4.19. The summed E-state index contributed by atoms with van der Waals surface area (Å²) < 4.78 is 2.14.